The highest BCUT2D eigenvalue weighted by molar-refractivity contribution is 6.02. The fourth-order valence-corrected chi connectivity index (χ4v) is 3.43. The molecular weight excluding hydrogens is 274 g/mol. The fraction of sp³-hybridized carbons (Fsp3) is 0.316. The number of anilines is 2. The Morgan fingerprint density at radius 2 is 1.50 bits per heavy atom. The molecule has 0 bridgehead atoms. The van der Waals surface area contributed by atoms with Crippen molar-refractivity contribution in [1.29, 1.82) is 0 Å². The second-order valence-corrected chi connectivity index (χ2v) is 6.02. The number of amides is 1. The van der Waals surface area contributed by atoms with Crippen LogP contribution in [-0.2, 0) is 9.53 Å². The van der Waals surface area contributed by atoms with Gasteiger partial charge >= 0.3 is 0 Å². The first-order chi connectivity index (χ1) is 10.8. The fourth-order valence-electron chi connectivity index (χ4n) is 3.43. The van der Waals surface area contributed by atoms with Gasteiger partial charge in [-0.3, -0.25) is 9.69 Å². The van der Waals surface area contributed by atoms with E-state index < -0.39 is 0 Å². The Morgan fingerprint density at radius 1 is 0.909 bits per heavy atom. The van der Waals surface area contributed by atoms with Gasteiger partial charge in [-0.2, -0.15) is 0 Å². The maximum atomic E-state index is 13.2. The minimum atomic E-state index is -0.0147. The molecule has 3 nitrogen and oxygen atoms in total. The van der Waals surface area contributed by atoms with Crippen LogP contribution in [0.4, 0.5) is 11.4 Å². The molecule has 2 aromatic rings. The number of benzene rings is 2. The lowest BCUT2D eigenvalue weighted by molar-refractivity contribution is -0.122. The first-order valence-corrected chi connectivity index (χ1v) is 7.94. The summed E-state index contributed by atoms with van der Waals surface area (Å²) in [5.41, 5.74) is 1.84. The zero-order valence-electron chi connectivity index (χ0n) is 12.4. The van der Waals surface area contributed by atoms with E-state index in [2.05, 4.69) is 0 Å². The third-order valence-corrected chi connectivity index (χ3v) is 4.59. The smallest absolute Gasteiger partial charge is 0.237 e. The third-order valence-electron chi connectivity index (χ3n) is 4.59. The lowest BCUT2D eigenvalue weighted by Crippen LogP contribution is -2.37. The summed E-state index contributed by atoms with van der Waals surface area (Å²) < 4.78 is 5.69. The number of hydrogen-bond donors (Lipinski definition) is 0. The van der Waals surface area contributed by atoms with Crippen molar-refractivity contribution in [2.45, 2.75) is 31.5 Å². The van der Waals surface area contributed by atoms with Crippen LogP contribution in [0.25, 0.3) is 0 Å². The van der Waals surface area contributed by atoms with Crippen LogP contribution in [-0.4, -0.2) is 18.1 Å². The lowest BCUT2D eigenvalue weighted by atomic mass is 9.88. The van der Waals surface area contributed by atoms with Crippen molar-refractivity contribution in [2.24, 2.45) is 5.92 Å². The zero-order chi connectivity index (χ0) is 14.9. The van der Waals surface area contributed by atoms with Gasteiger partial charge in [0.25, 0.3) is 0 Å². The number of para-hydroxylation sites is 2. The number of nitrogens with zero attached hydrogens (tertiary/aromatic N) is 1. The van der Waals surface area contributed by atoms with E-state index >= 15 is 0 Å². The summed E-state index contributed by atoms with van der Waals surface area (Å²) in [4.78, 5) is 15.0. The van der Waals surface area contributed by atoms with Crippen LogP contribution in [0.5, 0.6) is 0 Å². The van der Waals surface area contributed by atoms with Crippen molar-refractivity contribution in [2.75, 3.05) is 4.90 Å². The van der Waals surface area contributed by atoms with E-state index in [1.165, 1.54) is 0 Å². The molecule has 2 aliphatic rings. The van der Waals surface area contributed by atoms with Crippen molar-refractivity contribution < 1.29 is 9.53 Å². The van der Waals surface area contributed by atoms with Gasteiger partial charge in [-0.15, -0.1) is 0 Å². The molecule has 3 atom stereocenters. The molecule has 0 N–H and O–H groups in total. The maximum Gasteiger partial charge on any atom is 0.237 e. The van der Waals surface area contributed by atoms with Gasteiger partial charge in [0.05, 0.1) is 18.1 Å². The summed E-state index contributed by atoms with van der Waals surface area (Å²) >= 11 is 0. The van der Waals surface area contributed by atoms with Crippen LogP contribution in [0.1, 0.15) is 19.3 Å². The molecule has 1 aliphatic carbocycles. The van der Waals surface area contributed by atoms with Crippen LogP contribution >= 0.6 is 0 Å². The van der Waals surface area contributed by atoms with Crippen LogP contribution in [0.3, 0.4) is 0 Å². The number of ether oxygens (including phenoxy) is 1. The topological polar surface area (TPSA) is 32.8 Å². The van der Waals surface area contributed by atoms with Crippen LogP contribution in [0, 0.1) is 5.92 Å². The quantitative estimate of drug-likeness (QED) is 0.804. The van der Waals surface area contributed by atoms with E-state index in [-0.39, 0.29) is 17.9 Å². The predicted molar refractivity (Wildman–Crippen MR) is 86.0 cm³/mol. The lowest BCUT2D eigenvalue weighted by Gasteiger charge is -2.28. The van der Waals surface area contributed by atoms with Crippen molar-refractivity contribution >= 4 is 17.3 Å². The predicted octanol–water partition coefficient (Wildman–Crippen LogP) is 3.92. The van der Waals surface area contributed by atoms with E-state index in [1.807, 2.05) is 65.6 Å². The highest BCUT2D eigenvalue weighted by Gasteiger charge is 2.51. The van der Waals surface area contributed by atoms with E-state index in [1.54, 1.807) is 0 Å². The Kier molecular flexibility index (Phi) is 3.43. The van der Waals surface area contributed by atoms with Crippen molar-refractivity contribution in [3.8, 4) is 0 Å². The molecule has 1 amide bonds. The number of hydrogen-bond acceptors (Lipinski definition) is 2. The van der Waals surface area contributed by atoms with Crippen LogP contribution in [0.2, 0.25) is 0 Å². The van der Waals surface area contributed by atoms with E-state index in [9.17, 15) is 4.79 Å². The number of rotatable bonds is 3. The summed E-state index contributed by atoms with van der Waals surface area (Å²) in [5.74, 6) is 0.142. The summed E-state index contributed by atoms with van der Waals surface area (Å²) in [6.07, 6.45) is 3.56. The third kappa shape index (κ3) is 2.42. The molecule has 1 saturated heterocycles. The molecule has 3 heteroatoms. The van der Waals surface area contributed by atoms with Crippen molar-refractivity contribution in [1.82, 2.24) is 0 Å². The summed E-state index contributed by atoms with van der Waals surface area (Å²) in [5, 5.41) is 0. The van der Waals surface area contributed by atoms with Gasteiger partial charge < -0.3 is 4.74 Å². The largest absolute Gasteiger partial charge is 0.369 e. The Labute approximate surface area is 130 Å². The number of carbonyl (C=O) groups excluding carboxylic acids is 1. The summed E-state index contributed by atoms with van der Waals surface area (Å²) in [6.45, 7) is 0. The Morgan fingerprint density at radius 3 is 2.09 bits per heavy atom. The SMILES string of the molecule is O=C(C1CCCC2OC21)N(c1ccccc1)c1ccccc1. The van der Waals surface area contributed by atoms with Gasteiger partial charge in [0.15, 0.2) is 0 Å². The first kappa shape index (κ1) is 13.5. The van der Waals surface area contributed by atoms with E-state index in [4.69, 9.17) is 4.74 Å². The molecule has 0 radical (unpaired) electrons. The van der Waals surface area contributed by atoms with E-state index in [0.29, 0.717) is 6.10 Å². The molecule has 112 valence electrons. The molecule has 0 aromatic heterocycles. The standard InChI is InChI=1S/C19H19NO2/c21-19(16-12-7-13-17-18(16)22-17)20(14-8-3-1-4-9-14)15-10-5-2-6-11-15/h1-6,8-11,16-18H,7,12-13H2. The average Bonchev–Trinajstić information content (AvgIpc) is 3.36. The molecule has 1 saturated carbocycles. The van der Waals surface area contributed by atoms with Crippen LogP contribution < -0.4 is 4.90 Å². The van der Waals surface area contributed by atoms with Crippen LogP contribution in [0.15, 0.2) is 60.7 Å². The second kappa shape index (κ2) is 5.58. The van der Waals surface area contributed by atoms with Gasteiger partial charge in [0, 0.05) is 11.4 Å². The zero-order valence-corrected chi connectivity index (χ0v) is 12.4. The Bertz CT molecular complexity index is 616. The maximum absolute atomic E-state index is 13.2. The normalized spacial score (nSPS) is 26.1. The van der Waals surface area contributed by atoms with Crippen molar-refractivity contribution in [3.63, 3.8) is 0 Å². The van der Waals surface area contributed by atoms with Gasteiger partial charge in [-0.25, -0.2) is 0 Å². The molecule has 22 heavy (non-hydrogen) atoms. The van der Waals surface area contributed by atoms with Gasteiger partial charge in [-0.1, -0.05) is 36.4 Å². The molecule has 2 aromatic carbocycles. The van der Waals surface area contributed by atoms with Gasteiger partial charge in [0.1, 0.15) is 0 Å². The van der Waals surface area contributed by atoms with Gasteiger partial charge in [0.2, 0.25) is 5.91 Å². The molecule has 2 fully saturated rings. The molecule has 4 rings (SSSR count). The van der Waals surface area contributed by atoms with Gasteiger partial charge in [-0.05, 0) is 43.5 Å². The molecule has 1 heterocycles. The molecule has 3 unspecified atom stereocenters. The highest BCUT2D eigenvalue weighted by Crippen LogP contribution is 2.42. The molecule has 0 spiro atoms. The summed E-state index contributed by atoms with van der Waals surface area (Å²) in [6, 6.07) is 19.8. The Hall–Kier alpha value is -2.13. The molecular formula is C19H19NO2. The van der Waals surface area contributed by atoms with Crippen molar-refractivity contribution in [3.05, 3.63) is 60.7 Å². The first-order valence-electron chi connectivity index (χ1n) is 7.94. The highest BCUT2D eigenvalue weighted by atomic mass is 16.6. The number of carbonyl (C=O) groups is 1. The monoisotopic (exact) mass is 293 g/mol. The number of epoxide rings is 1. The minimum Gasteiger partial charge on any atom is -0.369 e. The van der Waals surface area contributed by atoms with E-state index in [0.717, 1.165) is 30.6 Å². The number of fused-ring (bicyclic) bond motifs is 1. The summed E-state index contributed by atoms with van der Waals surface area (Å²) in [7, 11) is 0. The Balaban J connectivity index is 1.69. The minimum absolute atomic E-state index is 0.0147. The average molecular weight is 293 g/mol. The molecule has 1 aliphatic heterocycles. The second-order valence-electron chi connectivity index (χ2n) is 6.02.